The third kappa shape index (κ3) is 4.79. The van der Waals surface area contributed by atoms with Gasteiger partial charge in [0, 0.05) is 22.5 Å². The Morgan fingerprint density at radius 2 is 1.64 bits per heavy atom. The highest BCUT2D eigenvalue weighted by atomic mass is 35.5. The number of fused-ring (bicyclic) bond motifs is 1. The average molecular weight is 574 g/mol. The third-order valence-electron chi connectivity index (χ3n) is 8.23. The Morgan fingerprint density at radius 3 is 2.14 bits per heavy atom. The number of halogens is 2. The van der Waals surface area contributed by atoms with E-state index < -0.39 is 39.3 Å². The molecule has 0 aromatic heterocycles. The first-order chi connectivity index (χ1) is 19.5. The molecule has 0 spiro atoms. The van der Waals surface area contributed by atoms with Crippen LogP contribution in [0.1, 0.15) is 64.9 Å². The van der Waals surface area contributed by atoms with E-state index in [0.29, 0.717) is 16.1 Å². The highest BCUT2D eigenvalue weighted by Crippen LogP contribution is 2.61. The van der Waals surface area contributed by atoms with Gasteiger partial charge >= 0.3 is 0 Å². The van der Waals surface area contributed by atoms with Gasteiger partial charge in [0.25, 0.3) is 5.91 Å². The third-order valence-corrected chi connectivity index (χ3v) is 8.48. The van der Waals surface area contributed by atoms with Crippen LogP contribution in [0.3, 0.4) is 0 Å². The van der Waals surface area contributed by atoms with Crippen molar-refractivity contribution in [3.8, 4) is 6.07 Å². The number of nitrogens with zero attached hydrogens (tertiary/aromatic N) is 2. The largest absolute Gasteiger partial charge is 0.409 e. The van der Waals surface area contributed by atoms with E-state index >= 15 is 4.39 Å². The molecule has 6 nitrogen and oxygen atoms in total. The normalized spacial score (nSPS) is 19.8. The smallest absolute Gasteiger partial charge is 0.257 e. The zero-order valence-electron chi connectivity index (χ0n) is 23.1. The first kappa shape index (κ1) is 30.4. The van der Waals surface area contributed by atoms with E-state index in [4.69, 9.17) is 47.7 Å². The van der Waals surface area contributed by atoms with E-state index in [1.54, 1.807) is 36.4 Å². The Hall–Kier alpha value is -3.02. The molecular weight excluding hydrogens is 550 g/mol. The molecule has 8 radical (unpaired) electrons. The maximum absolute atomic E-state index is 16.4. The second-order valence-corrected chi connectivity index (χ2v) is 12.0. The van der Waals surface area contributed by atoms with E-state index in [0.717, 1.165) is 6.07 Å². The molecule has 1 saturated carbocycles. The highest BCUT2D eigenvalue weighted by Gasteiger charge is 2.65. The Bertz CT molecular complexity index is 1590. The molecule has 0 bridgehead atoms. The van der Waals surface area contributed by atoms with Gasteiger partial charge in [-0.2, -0.15) is 5.26 Å². The van der Waals surface area contributed by atoms with Crippen LogP contribution in [0.25, 0.3) is 0 Å². The van der Waals surface area contributed by atoms with Crippen molar-refractivity contribution in [2.24, 2.45) is 5.41 Å². The van der Waals surface area contributed by atoms with Crippen molar-refractivity contribution < 1.29 is 24.1 Å². The second-order valence-electron chi connectivity index (χ2n) is 11.6. The summed E-state index contributed by atoms with van der Waals surface area (Å²) in [6.07, 6.45) is 0.382. The summed E-state index contributed by atoms with van der Waals surface area (Å²) >= 11 is 6.20. The van der Waals surface area contributed by atoms with Crippen molar-refractivity contribution in [1.29, 1.82) is 5.26 Å². The van der Waals surface area contributed by atoms with Gasteiger partial charge in [-0.3, -0.25) is 9.69 Å². The van der Waals surface area contributed by atoms with Gasteiger partial charge in [0.1, 0.15) is 21.5 Å². The van der Waals surface area contributed by atoms with Crippen LogP contribution in [-0.4, -0.2) is 63.2 Å². The van der Waals surface area contributed by atoms with Gasteiger partial charge < -0.3 is 14.9 Å². The van der Waals surface area contributed by atoms with Gasteiger partial charge in [0.05, 0.1) is 44.1 Å². The van der Waals surface area contributed by atoms with Gasteiger partial charge in [-0.1, -0.05) is 35.9 Å². The second kappa shape index (κ2) is 10.0. The molecule has 42 heavy (non-hydrogen) atoms. The quantitative estimate of drug-likeness (QED) is 0.404. The van der Waals surface area contributed by atoms with Crippen LogP contribution in [0.5, 0.6) is 0 Å². The fourth-order valence-corrected chi connectivity index (χ4v) is 5.79. The minimum Gasteiger partial charge on any atom is -0.409 e. The maximum Gasteiger partial charge on any atom is 0.257 e. The Labute approximate surface area is 254 Å². The molecule has 1 aliphatic carbocycles. The van der Waals surface area contributed by atoms with E-state index in [-0.39, 0.29) is 41.6 Å². The van der Waals surface area contributed by atoms with Crippen LogP contribution in [0, 0.1) is 22.6 Å². The number of aliphatic hydroxyl groups is 2. The Kier molecular flexibility index (Phi) is 7.26. The van der Waals surface area contributed by atoms with Crippen molar-refractivity contribution in [3.63, 3.8) is 0 Å². The summed E-state index contributed by atoms with van der Waals surface area (Å²) in [6, 6.07) is 17.2. The van der Waals surface area contributed by atoms with E-state index in [2.05, 4.69) is 0 Å². The van der Waals surface area contributed by atoms with Crippen LogP contribution in [0.2, 0.25) is 5.02 Å². The first-order valence-electron chi connectivity index (χ1n) is 13.2. The van der Waals surface area contributed by atoms with Crippen LogP contribution in [0.15, 0.2) is 60.7 Å². The predicted octanol–water partition coefficient (Wildman–Crippen LogP) is 3.21. The number of benzene rings is 3. The van der Waals surface area contributed by atoms with Crippen molar-refractivity contribution in [2.45, 2.75) is 55.4 Å². The zero-order valence-corrected chi connectivity index (χ0v) is 23.8. The molecule has 1 fully saturated rings. The SMILES string of the molecule is [B]C([B])(O)C1(C([B])([B])O[C@]2(c3ccc(Cl)cc3)c3c(F)cc(C(C)(C)O)cc3C(=O)N2Cc2ccc(C#N)cc2)CC1. The monoisotopic (exact) mass is 574 g/mol. The molecule has 12 heteroatoms. The molecule has 1 heterocycles. The molecule has 2 aliphatic rings. The van der Waals surface area contributed by atoms with E-state index in [1.807, 2.05) is 6.07 Å². The molecule has 3 aromatic rings. The summed E-state index contributed by atoms with van der Waals surface area (Å²) in [5.74, 6) is -1.52. The van der Waals surface area contributed by atoms with Crippen molar-refractivity contribution in [2.75, 3.05) is 0 Å². The lowest BCUT2D eigenvalue weighted by molar-refractivity contribution is -0.169. The molecule has 1 amide bonds. The molecule has 2 N–H and O–H groups in total. The molecule has 0 saturated heterocycles. The topological polar surface area (TPSA) is 93.8 Å². The minimum absolute atomic E-state index is 0.0906. The van der Waals surface area contributed by atoms with Crippen molar-refractivity contribution in [3.05, 3.63) is 105 Å². The van der Waals surface area contributed by atoms with Crippen LogP contribution in [-0.2, 0) is 22.6 Å². The number of rotatable bonds is 8. The van der Waals surface area contributed by atoms with E-state index in [1.165, 1.54) is 36.9 Å². The zero-order chi connectivity index (χ0) is 30.9. The summed E-state index contributed by atoms with van der Waals surface area (Å²) < 4.78 is 23.0. The molecule has 5 rings (SSSR count). The van der Waals surface area contributed by atoms with Crippen LogP contribution >= 0.6 is 11.6 Å². The number of amides is 1. The number of carbonyl (C=O) groups is 1. The summed E-state index contributed by atoms with van der Waals surface area (Å²) in [6.45, 7) is 2.80. The summed E-state index contributed by atoms with van der Waals surface area (Å²) in [7, 11) is 25.0. The number of hydrogen-bond acceptors (Lipinski definition) is 5. The molecule has 0 unspecified atom stereocenters. The molecule has 1 aliphatic heterocycles. The summed E-state index contributed by atoms with van der Waals surface area (Å²) in [4.78, 5) is 15.6. The number of ether oxygens (including phenoxy) is 1. The standard InChI is InChI=1S/C30H24B4ClFN2O4/c1-26(2,40)20-13-22-24(23(36)14-20)28(19-7-9-21(35)10-8-19,42-30(33,34)27(11-12-27)29(31,32)41)38(25(22)39)16-18-5-3-17(15-37)4-6-18/h3-10,13-14,40-41H,11-12,16H2,1-2H3/t28-/m1/s1. The van der Waals surface area contributed by atoms with E-state index in [9.17, 15) is 20.3 Å². The van der Waals surface area contributed by atoms with Crippen LogP contribution in [0.4, 0.5) is 4.39 Å². The highest BCUT2D eigenvalue weighted by molar-refractivity contribution is 6.45. The molecule has 1 atom stereocenters. The fourth-order valence-electron chi connectivity index (χ4n) is 5.66. The minimum atomic E-state index is -2.37. The Balaban J connectivity index is 1.81. The lowest BCUT2D eigenvalue weighted by Gasteiger charge is -2.51. The maximum atomic E-state index is 16.4. The molecule has 204 valence electrons. The van der Waals surface area contributed by atoms with Gasteiger partial charge in [-0.15, -0.1) is 0 Å². The van der Waals surface area contributed by atoms with Gasteiger partial charge in [0.2, 0.25) is 0 Å². The van der Waals surface area contributed by atoms with Gasteiger partial charge in [0.15, 0.2) is 5.72 Å². The lowest BCUT2D eigenvalue weighted by atomic mass is 9.43. The van der Waals surface area contributed by atoms with Crippen LogP contribution < -0.4 is 0 Å². The van der Waals surface area contributed by atoms with Gasteiger partial charge in [-0.25, -0.2) is 4.39 Å². The van der Waals surface area contributed by atoms with Gasteiger partial charge in [-0.05, 0) is 85.0 Å². The molecule has 3 aromatic carbocycles. The summed E-state index contributed by atoms with van der Waals surface area (Å²) in [5.41, 5.74) is -4.06. The number of hydrogen-bond donors (Lipinski definition) is 2. The average Bonchev–Trinajstić information content (AvgIpc) is 3.70. The fraction of sp³-hybridized carbons (Fsp3) is 0.333. The Morgan fingerprint density at radius 1 is 1.05 bits per heavy atom. The first-order valence-corrected chi connectivity index (χ1v) is 13.6. The van der Waals surface area contributed by atoms with Crippen molar-refractivity contribution >= 4 is 48.9 Å². The lowest BCUT2D eigenvalue weighted by Crippen LogP contribution is -2.62. The predicted molar refractivity (Wildman–Crippen MR) is 158 cm³/mol. The summed E-state index contributed by atoms with van der Waals surface area (Å²) in [5, 5.41) is 26.3. The van der Waals surface area contributed by atoms with Crippen molar-refractivity contribution in [1.82, 2.24) is 4.90 Å². The number of nitriles is 1. The molecular formula is C30H24B4ClFN2O4. The number of carbonyl (C=O) groups excluding carboxylic acids is 1.